The lowest BCUT2D eigenvalue weighted by Crippen LogP contribution is -2.08. The Morgan fingerprint density at radius 2 is 2.05 bits per heavy atom. The first-order valence-electron chi connectivity index (χ1n) is 7.97. The van der Waals surface area contributed by atoms with Crippen molar-refractivity contribution in [3.8, 4) is 0 Å². The molecule has 0 saturated heterocycles. The molecule has 2 heteroatoms. The molecule has 2 nitrogen and oxygen atoms in total. The van der Waals surface area contributed by atoms with E-state index >= 15 is 0 Å². The number of hydrogen-bond donors (Lipinski definition) is 0. The average Bonchev–Trinajstić information content (AvgIpc) is 2.58. The molecule has 2 rings (SSSR count). The van der Waals surface area contributed by atoms with Crippen molar-refractivity contribution in [2.24, 2.45) is 4.99 Å². The van der Waals surface area contributed by atoms with Crippen LogP contribution in [0, 0.1) is 0 Å². The maximum Gasteiger partial charge on any atom is 0.0430 e. The summed E-state index contributed by atoms with van der Waals surface area (Å²) < 4.78 is 0. The lowest BCUT2D eigenvalue weighted by molar-refractivity contribution is 0.935. The molecular weight excluding hydrogens is 268 g/mol. The van der Waals surface area contributed by atoms with Gasteiger partial charge in [-0.3, -0.25) is 4.99 Å². The summed E-state index contributed by atoms with van der Waals surface area (Å²) >= 11 is 0. The normalized spacial score (nSPS) is 21.7. The van der Waals surface area contributed by atoms with Crippen molar-refractivity contribution in [3.05, 3.63) is 59.7 Å². The summed E-state index contributed by atoms with van der Waals surface area (Å²) in [6, 6.07) is 8.65. The fourth-order valence-corrected chi connectivity index (χ4v) is 2.62. The SMILES string of the molecule is C=C1/C=C(CCC)\C=N/CC/C(c2cccc(N(C)C)c2)=C\1. The van der Waals surface area contributed by atoms with Gasteiger partial charge in [-0.15, -0.1) is 0 Å². The van der Waals surface area contributed by atoms with E-state index in [1.807, 2.05) is 6.21 Å². The molecule has 0 aliphatic carbocycles. The van der Waals surface area contributed by atoms with Crippen LogP contribution in [0.5, 0.6) is 0 Å². The first-order valence-corrected chi connectivity index (χ1v) is 7.97. The maximum absolute atomic E-state index is 4.57. The van der Waals surface area contributed by atoms with Crippen molar-refractivity contribution in [1.29, 1.82) is 0 Å². The molecule has 0 fully saturated rings. The second-order valence-electron chi connectivity index (χ2n) is 5.94. The Hall–Kier alpha value is -2.09. The minimum absolute atomic E-state index is 0.826. The van der Waals surface area contributed by atoms with Crippen molar-refractivity contribution < 1.29 is 0 Å². The van der Waals surface area contributed by atoms with Crippen molar-refractivity contribution >= 4 is 17.5 Å². The third-order valence-electron chi connectivity index (χ3n) is 3.77. The molecule has 0 bridgehead atoms. The fraction of sp³-hybridized carbons (Fsp3) is 0.350. The van der Waals surface area contributed by atoms with E-state index in [1.165, 1.54) is 22.4 Å². The predicted octanol–water partition coefficient (Wildman–Crippen LogP) is 4.89. The molecule has 0 radical (unpaired) electrons. The van der Waals surface area contributed by atoms with Gasteiger partial charge in [0.25, 0.3) is 0 Å². The molecule has 0 amide bonds. The molecule has 0 unspecified atom stereocenters. The van der Waals surface area contributed by atoms with Crippen LogP contribution in [0.25, 0.3) is 5.57 Å². The largest absolute Gasteiger partial charge is 0.378 e. The Bertz CT molecular complexity index is 618. The Balaban J connectivity index is 2.32. The van der Waals surface area contributed by atoms with Crippen LogP contribution < -0.4 is 4.90 Å². The summed E-state index contributed by atoms with van der Waals surface area (Å²) in [6.45, 7) is 7.22. The van der Waals surface area contributed by atoms with Gasteiger partial charge in [0.2, 0.25) is 0 Å². The van der Waals surface area contributed by atoms with Gasteiger partial charge in [0.1, 0.15) is 0 Å². The summed E-state index contributed by atoms with van der Waals surface area (Å²) in [6.07, 6.45) is 9.52. The Morgan fingerprint density at radius 3 is 2.77 bits per heavy atom. The summed E-state index contributed by atoms with van der Waals surface area (Å²) in [5.74, 6) is 0. The van der Waals surface area contributed by atoms with E-state index in [4.69, 9.17) is 0 Å². The summed E-state index contributed by atoms with van der Waals surface area (Å²) in [5, 5.41) is 0. The highest BCUT2D eigenvalue weighted by atomic mass is 15.1. The molecule has 116 valence electrons. The van der Waals surface area contributed by atoms with E-state index in [1.54, 1.807) is 0 Å². The predicted molar refractivity (Wildman–Crippen MR) is 98.9 cm³/mol. The van der Waals surface area contributed by atoms with Gasteiger partial charge < -0.3 is 4.90 Å². The van der Waals surface area contributed by atoms with Crippen LogP contribution in [-0.2, 0) is 0 Å². The number of aliphatic imine (C=N–C) groups is 1. The zero-order valence-corrected chi connectivity index (χ0v) is 14.0. The molecule has 0 spiro atoms. The molecule has 0 saturated carbocycles. The van der Waals surface area contributed by atoms with Crippen LogP contribution in [0.2, 0.25) is 0 Å². The van der Waals surface area contributed by atoms with E-state index in [-0.39, 0.29) is 0 Å². The highest BCUT2D eigenvalue weighted by Gasteiger charge is 2.06. The first-order chi connectivity index (χ1) is 10.6. The van der Waals surface area contributed by atoms with Gasteiger partial charge in [0, 0.05) is 32.5 Å². The van der Waals surface area contributed by atoms with Gasteiger partial charge in [0.05, 0.1) is 0 Å². The monoisotopic (exact) mass is 294 g/mol. The van der Waals surface area contributed by atoms with Crippen molar-refractivity contribution in [2.75, 3.05) is 25.5 Å². The van der Waals surface area contributed by atoms with Gasteiger partial charge in [-0.25, -0.2) is 0 Å². The van der Waals surface area contributed by atoms with Crippen LogP contribution in [0.15, 0.2) is 59.1 Å². The molecule has 22 heavy (non-hydrogen) atoms. The second-order valence-corrected chi connectivity index (χ2v) is 5.94. The van der Waals surface area contributed by atoms with Crippen LogP contribution >= 0.6 is 0 Å². The van der Waals surface area contributed by atoms with Crippen LogP contribution in [0.1, 0.15) is 31.7 Å². The Kier molecular flexibility index (Phi) is 5.76. The summed E-state index contributed by atoms with van der Waals surface area (Å²) in [7, 11) is 4.14. The standard InChI is InChI=1S/C20H26N2/c1-5-7-17-12-16(2)13-19(10-11-21-15-17)18-8-6-9-20(14-18)22(3)4/h6,8-9,12-15H,2,5,7,10-11H2,1,3-4H3/b17-12-,19-13+,21-15-. The minimum Gasteiger partial charge on any atom is -0.378 e. The average molecular weight is 294 g/mol. The van der Waals surface area contributed by atoms with Gasteiger partial charge in [0.15, 0.2) is 0 Å². The van der Waals surface area contributed by atoms with Crippen molar-refractivity contribution in [2.45, 2.75) is 26.2 Å². The summed E-state index contributed by atoms with van der Waals surface area (Å²) in [5.41, 5.74) is 6.11. The quantitative estimate of drug-likeness (QED) is 0.771. The number of allylic oxidation sites excluding steroid dienone is 4. The van der Waals surface area contributed by atoms with E-state index < -0.39 is 0 Å². The molecular formula is C20H26N2. The highest BCUT2D eigenvalue weighted by Crippen LogP contribution is 2.25. The molecule has 1 aliphatic heterocycles. The molecule has 1 aliphatic rings. The minimum atomic E-state index is 0.826. The molecule has 1 aromatic rings. The molecule has 0 aromatic heterocycles. The molecule has 1 aromatic carbocycles. The van der Waals surface area contributed by atoms with Gasteiger partial charge in [-0.05, 0) is 47.3 Å². The third-order valence-corrected chi connectivity index (χ3v) is 3.77. The van der Waals surface area contributed by atoms with E-state index in [2.05, 4.69) is 73.9 Å². The van der Waals surface area contributed by atoms with Crippen LogP contribution in [-0.4, -0.2) is 26.9 Å². The molecule has 0 N–H and O–H groups in total. The van der Waals surface area contributed by atoms with Crippen molar-refractivity contribution in [1.82, 2.24) is 0 Å². The van der Waals surface area contributed by atoms with Crippen molar-refractivity contribution in [3.63, 3.8) is 0 Å². The lowest BCUT2D eigenvalue weighted by atomic mass is 9.99. The molecule has 0 atom stereocenters. The fourth-order valence-electron chi connectivity index (χ4n) is 2.62. The number of rotatable bonds is 4. The van der Waals surface area contributed by atoms with Crippen LogP contribution in [0.4, 0.5) is 5.69 Å². The van der Waals surface area contributed by atoms with Gasteiger partial charge in [-0.2, -0.15) is 0 Å². The van der Waals surface area contributed by atoms with E-state index in [0.717, 1.165) is 31.4 Å². The van der Waals surface area contributed by atoms with E-state index in [0.29, 0.717) is 0 Å². The smallest absolute Gasteiger partial charge is 0.0430 e. The third kappa shape index (κ3) is 4.45. The number of hydrogen-bond acceptors (Lipinski definition) is 2. The maximum atomic E-state index is 4.57. The zero-order chi connectivity index (χ0) is 15.9. The second kappa shape index (κ2) is 7.79. The Labute approximate surface area is 134 Å². The first kappa shape index (κ1) is 16.3. The number of benzene rings is 1. The van der Waals surface area contributed by atoms with Gasteiger partial charge in [-0.1, -0.05) is 44.2 Å². The lowest BCUT2D eigenvalue weighted by Gasteiger charge is -2.15. The Morgan fingerprint density at radius 1 is 1.23 bits per heavy atom. The van der Waals surface area contributed by atoms with Crippen LogP contribution in [0.3, 0.4) is 0 Å². The number of nitrogens with zero attached hydrogens (tertiary/aromatic N) is 2. The topological polar surface area (TPSA) is 15.6 Å². The highest BCUT2D eigenvalue weighted by molar-refractivity contribution is 5.81. The zero-order valence-electron chi connectivity index (χ0n) is 14.0. The summed E-state index contributed by atoms with van der Waals surface area (Å²) in [4.78, 5) is 6.70. The van der Waals surface area contributed by atoms with E-state index in [9.17, 15) is 0 Å². The molecule has 1 heterocycles. The van der Waals surface area contributed by atoms with Gasteiger partial charge >= 0.3 is 0 Å². The number of anilines is 1.